The summed E-state index contributed by atoms with van der Waals surface area (Å²) in [7, 11) is 1.82. The molecular weight excluding hydrogens is 280 g/mol. The maximum Gasteiger partial charge on any atom is 0.264 e. The molecule has 0 radical (unpaired) electrons. The molecule has 106 valence electrons. The zero-order valence-electron chi connectivity index (χ0n) is 11.7. The fraction of sp³-hybridized carbons (Fsp3) is 0.118. The maximum absolute atomic E-state index is 12.5. The first-order valence-electron chi connectivity index (χ1n) is 6.72. The number of fused-ring (bicyclic) bond motifs is 1. The summed E-state index contributed by atoms with van der Waals surface area (Å²) in [5.74, 6) is 0.0404. The summed E-state index contributed by atoms with van der Waals surface area (Å²) in [5, 5.41) is 1.11. The quantitative estimate of drug-likeness (QED) is 0.748. The number of nitrogens with zero attached hydrogens (tertiary/aromatic N) is 1. The minimum Gasteiger partial charge on any atom is -0.399 e. The van der Waals surface area contributed by atoms with Gasteiger partial charge in [0, 0.05) is 24.0 Å². The molecule has 0 atom stereocenters. The molecule has 0 saturated carbocycles. The zero-order chi connectivity index (χ0) is 14.8. The van der Waals surface area contributed by atoms with E-state index < -0.39 is 0 Å². The van der Waals surface area contributed by atoms with Crippen LogP contribution in [0, 0.1) is 0 Å². The van der Waals surface area contributed by atoms with Crippen molar-refractivity contribution in [3.63, 3.8) is 0 Å². The lowest BCUT2D eigenvalue weighted by Crippen LogP contribution is -2.25. The molecule has 3 aromatic rings. The van der Waals surface area contributed by atoms with Gasteiger partial charge in [0.25, 0.3) is 5.91 Å². The van der Waals surface area contributed by atoms with Crippen LogP contribution in [0.15, 0.2) is 54.6 Å². The van der Waals surface area contributed by atoms with Crippen molar-refractivity contribution in [2.75, 3.05) is 12.8 Å². The van der Waals surface area contributed by atoms with Crippen LogP contribution in [0.5, 0.6) is 0 Å². The average molecular weight is 296 g/mol. The number of rotatable bonds is 3. The minimum atomic E-state index is 0.0404. The fourth-order valence-corrected chi connectivity index (χ4v) is 3.37. The van der Waals surface area contributed by atoms with Gasteiger partial charge in [-0.25, -0.2) is 0 Å². The summed E-state index contributed by atoms with van der Waals surface area (Å²) < 4.78 is 1.14. The summed E-state index contributed by atoms with van der Waals surface area (Å²) in [6.45, 7) is 0.554. The van der Waals surface area contributed by atoms with Gasteiger partial charge >= 0.3 is 0 Å². The summed E-state index contributed by atoms with van der Waals surface area (Å²) in [6, 6.07) is 17.6. The van der Waals surface area contributed by atoms with Gasteiger partial charge in [-0.15, -0.1) is 11.3 Å². The Balaban J connectivity index is 1.80. The number of anilines is 1. The molecule has 0 spiro atoms. The molecule has 0 aliphatic rings. The van der Waals surface area contributed by atoms with E-state index in [0.29, 0.717) is 6.54 Å². The molecule has 1 amide bonds. The van der Waals surface area contributed by atoms with Gasteiger partial charge in [-0.1, -0.05) is 30.3 Å². The number of carbonyl (C=O) groups excluding carboxylic acids is 1. The topological polar surface area (TPSA) is 46.3 Å². The third-order valence-electron chi connectivity index (χ3n) is 3.35. The highest BCUT2D eigenvalue weighted by atomic mass is 32.1. The predicted octanol–water partition coefficient (Wildman–Crippen LogP) is 3.76. The Morgan fingerprint density at radius 2 is 1.95 bits per heavy atom. The highest BCUT2D eigenvalue weighted by molar-refractivity contribution is 7.20. The van der Waals surface area contributed by atoms with Gasteiger partial charge in [0.2, 0.25) is 0 Å². The lowest BCUT2D eigenvalue weighted by atomic mass is 10.2. The second kappa shape index (κ2) is 5.58. The summed E-state index contributed by atoms with van der Waals surface area (Å²) in [6.07, 6.45) is 0. The number of benzene rings is 2. The number of thiophene rings is 1. The van der Waals surface area contributed by atoms with Gasteiger partial charge in [0.15, 0.2) is 0 Å². The van der Waals surface area contributed by atoms with Crippen LogP contribution < -0.4 is 5.73 Å². The minimum absolute atomic E-state index is 0.0404. The van der Waals surface area contributed by atoms with E-state index in [2.05, 4.69) is 0 Å². The van der Waals surface area contributed by atoms with E-state index in [-0.39, 0.29) is 5.91 Å². The van der Waals surface area contributed by atoms with Crippen LogP contribution in [0.25, 0.3) is 10.1 Å². The first-order chi connectivity index (χ1) is 10.1. The lowest BCUT2D eigenvalue weighted by molar-refractivity contribution is 0.0790. The number of nitrogen functional groups attached to an aromatic ring is 1. The van der Waals surface area contributed by atoms with Gasteiger partial charge < -0.3 is 10.6 Å². The van der Waals surface area contributed by atoms with E-state index >= 15 is 0 Å². The van der Waals surface area contributed by atoms with E-state index in [9.17, 15) is 4.79 Å². The first-order valence-corrected chi connectivity index (χ1v) is 7.53. The van der Waals surface area contributed by atoms with E-state index in [4.69, 9.17) is 5.73 Å². The summed E-state index contributed by atoms with van der Waals surface area (Å²) in [4.78, 5) is 15.0. The molecule has 3 nitrogen and oxygen atoms in total. The third kappa shape index (κ3) is 2.90. The number of carbonyl (C=O) groups is 1. The molecule has 3 rings (SSSR count). The van der Waals surface area contributed by atoms with Crippen molar-refractivity contribution in [2.45, 2.75) is 6.54 Å². The van der Waals surface area contributed by atoms with Crippen LogP contribution in [0.3, 0.4) is 0 Å². The SMILES string of the molecule is CN(Cc1cccc(N)c1)C(=O)c1cc2ccccc2s1. The number of hydrogen-bond acceptors (Lipinski definition) is 3. The Morgan fingerprint density at radius 1 is 1.14 bits per heavy atom. The van der Waals surface area contributed by atoms with Crippen molar-refractivity contribution in [3.8, 4) is 0 Å². The fourth-order valence-electron chi connectivity index (χ4n) is 2.31. The van der Waals surface area contributed by atoms with Gasteiger partial charge in [-0.3, -0.25) is 4.79 Å². The first kappa shape index (κ1) is 13.6. The van der Waals surface area contributed by atoms with Crippen LogP contribution in [-0.2, 0) is 6.54 Å². The lowest BCUT2D eigenvalue weighted by Gasteiger charge is -2.16. The molecule has 2 N–H and O–H groups in total. The van der Waals surface area contributed by atoms with E-state index in [1.165, 1.54) is 11.3 Å². The Labute approximate surface area is 127 Å². The predicted molar refractivity (Wildman–Crippen MR) is 88.5 cm³/mol. The van der Waals surface area contributed by atoms with Gasteiger partial charge in [-0.05, 0) is 35.2 Å². The summed E-state index contributed by atoms with van der Waals surface area (Å²) in [5.41, 5.74) is 7.52. The highest BCUT2D eigenvalue weighted by Gasteiger charge is 2.15. The van der Waals surface area contributed by atoms with Gasteiger partial charge in [-0.2, -0.15) is 0 Å². The van der Waals surface area contributed by atoms with E-state index in [1.807, 2.05) is 61.6 Å². The number of hydrogen-bond donors (Lipinski definition) is 1. The Bertz CT molecular complexity index is 761. The smallest absolute Gasteiger partial charge is 0.264 e. The van der Waals surface area contributed by atoms with E-state index in [1.54, 1.807) is 4.90 Å². The van der Waals surface area contributed by atoms with Crippen molar-refractivity contribution < 1.29 is 4.79 Å². The van der Waals surface area contributed by atoms with E-state index in [0.717, 1.165) is 26.2 Å². The number of nitrogens with two attached hydrogens (primary N) is 1. The second-order valence-electron chi connectivity index (χ2n) is 5.05. The van der Waals surface area contributed by atoms with Crippen molar-refractivity contribution in [1.82, 2.24) is 4.90 Å². The second-order valence-corrected chi connectivity index (χ2v) is 6.14. The molecular formula is C17H16N2OS. The molecule has 0 aliphatic heterocycles. The van der Waals surface area contributed by atoms with Crippen LogP contribution >= 0.6 is 11.3 Å². The standard InChI is InChI=1S/C17H16N2OS/c1-19(11-12-5-4-7-14(18)9-12)17(20)16-10-13-6-2-3-8-15(13)21-16/h2-10H,11,18H2,1H3. The average Bonchev–Trinajstić information content (AvgIpc) is 2.90. The van der Waals surface area contributed by atoms with Crippen LogP contribution in [0.4, 0.5) is 5.69 Å². The highest BCUT2D eigenvalue weighted by Crippen LogP contribution is 2.26. The monoisotopic (exact) mass is 296 g/mol. The normalized spacial score (nSPS) is 10.7. The number of amides is 1. The Hall–Kier alpha value is -2.33. The molecule has 0 fully saturated rings. The van der Waals surface area contributed by atoms with Crippen molar-refractivity contribution in [1.29, 1.82) is 0 Å². The largest absolute Gasteiger partial charge is 0.399 e. The Morgan fingerprint density at radius 3 is 2.71 bits per heavy atom. The third-order valence-corrected chi connectivity index (χ3v) is 4.46. The molecule has 21 heavy (non-hydrogen) atoms. The molecule has 0 bridgehead atoms. The molecule has 1 heterocycles. The maximum atomic E-state index is 12.5. The molecule has 0 unspecified atom stereocenters. The molecule has 0 aliphatic carbocycles. The van der Waals surface area contributed by atoms with Gasteiger partial charge in [0.1, 0.15) is 0 Å². The van der Waals surface area contributed by atoms with Gasteiger partial charge in [0.05, 0.1) is 4.88 Å². The van der Waals surface area contributed by atoms with Crippen LogP contribution in [0.1, 0.15) is 15.2 Å². The molecule has 0 saturated heterocycles. The zero-order valence-corrected chi connectivity index (χ0v) is 12.6. The van der Waals surface area contributed by atoms with Crippen molar-refractivity contribution in [3.05, 3.63) is 65.0 Å². The van der Waals surface area contributed by atoms with Crippen LogP contribution in [-0.4, -0.2) is 17.9 Å². The van der Waals surface area contributed by atoms with Crippen molar-refractivity contribution >= 4 is 33.0 Å². The molecule has 2 aromatic carbocycles. The summed E-state index contributed by atoms with van der Waals surface area (Å²) >= 11 is 1.53. The van der Waals surface area contributed by atoms with Crippen molar-refractivity contribution in [2.24, 2.45) is 0 Å². The Kier molecular flexibility index (Phi) is 3.62. The van der Waals surface area contributed by atoms with Crippen LogP contribution in [0.2, 0.25) is 0 Å². The molecule has 4 heteroatoms. The molecule has 1 aromatic heterocycles.